The third kappa shape index (κ3) is 4.76. The molecule has 0 bridgehead atoms. The predicted molar refractivity (Wildman–Crippen MR) is 76.9 cm³/mol. The molecule has 3 heteroatoms. The van der Waals surface area contributed by atoms with Crippen LogP contribution >= 0.6 is 0 Å². The Morgan fingerprint density at radius 3 is 2.47 bits per heavy atom. The van der Waals surface area contributed by atoms with Gasteiger partial charge in [-0.1, -0.05) is 25.2 Å². The van der Waals surface area contributed by atoms with Crippen LogP contribution in [-0.4, -0.2) is 35.6 Å². The highest BCUT2D eigenvalue weighted by atomic mass is 16.2. The van der Waals surface area contributed by atoms with Gasteiger partial charge in [-0.25, -0.2) is 0 Å². The van der Waals surface area contributed by atoms with Crippen LogP contribution in [0.2, 0.25) is 0 Å². The van der Waals surface area contributed by atoms with Gasteiger partial charge in [0.2, 0.25) is 0 Å². The van der Waals surface area contributed by atoms with Crippen molar-refractivity contribution >= 4 is 5.91 Å². The fourth-order valence-electron chi connectivity index (χ4n) is 1.77. The number of rotatable bonds is 5. The second kappa shape index (κ2) is 8.34. The summed E-state index contributed by atoms with van der Waals surface area (Å²) in [5.74, 6) is 5.47. The number of hydrogen-bond acceptors (Lipinski definition) is 2. The Bertz CT molecular complexity index is 454. The minimum atomic E-state index is -0.151. The molecule has 0 aliphatic rings. The highest BCUT2D eigenvalue weighted by Crippen LogP contribution is 2.08. The van der Waals surface area contributed by atoms with Crippen LogP contribution in [0.5, 0.6) is 0 Å². The third-order valence-electron chi connectivity index (χ3n) is 2.89. The van der Waals surface area contributed by atoms with Crippen LogP contribution in [0.4, 0.5) is 0 Å². The molecule has 0 fully saturated rings. The Balaban J connectivity index is 2.75. The van der Waals surface area contributed by atoms with Crippen molar-refractivity contribution in [1.82, 2.24) is 4.90 Å². The lowest BCUT2D eigenvalue weighted by Gasteiger charge is -2.20. The number of hydrogen-bond donors (Lipinski definition) is 1. The van der Waals surface area contributed by atoms with E-state index in [2.05, 4.69) is 18.8 Å². The van der Waals surface area contributed by atoms with Crippen molar-refractivity contribution in [2.75, 3.05) is 19.7 Å². The summed E-state index contributed by atoms with van der Waals surface area (Å²) >= 11 is 0. The average molecular weight is 259 g/mol. The van der Waals surface area contributed by atoms with Crippen molar-refractivity contribution in [1.29, 1.82) is 0 Å². The first-order valence-electron chi connectivity index (χ1n) is 6.72. The van der Waals surface area contributed by atoms with Crippen molar-refractivity contribution in [3.63, 3.8) is 0 Å². The number of nitrogens with zero attached hydrogens (tertiary/aromatic N) is 1. The molecule has 0 heterocycles. The molecule has 0 aromatic heterocycles. The van der Waals surface area contributed by atoms with Gasteiger partial charge in [0, 0.05) is 24.2 Å². The predicted octanol–water partition coefficient (Wildman–Crippen LogP) is 2.29. The van der Waals surface area contributed by atoms with E-state index in [1.165, 1.54) is 0 Å². The highest BCUT2D eigenvalue weighted by molar-refractivity contribution is 5.94. The van der Waals surface area contributed by atoms with Crippen molar-refractivity contribution in [2.24, 2.45) is 0 Å². The number of carbonyl (C=O) groups excluding carboxylic acids is 1. The summed E-state index contributed by atoms with van der Waals surface area (Å²) < 4.78 is 0. The van der Waals surface area contributed by atoms with Crippen LogP contribution in [0, 0.1) is 11.8 Å². The number of amides is 1. The Morgan fingerprint density at radius 2 is 1.95 bits per heavy atom. The fourth-order valence-corrected chi connectivity index (χ4v) is 1.77. The first-order valence-corrected chi connectivity index (χ1v) is 6.72. The molecule has 1 rings (SSSR count). The zero-order valence-electron chi connectivity index (χ0n) is 11.6. The van der Waals surface area contributed by atoms with Crippen LogP contribution in [0.1, 0.15) is 42.6 Å². The summed E-state index contributed by atoms with van der Waals surface area (Å²) in [7, 11) is 0. The second-order valence-electron chi connectivity index (χ2n) is 4.28. The molecule has 0 aliphatic heterocycles. The van der Waals surface area contributed by atoms with Gasteiger partial charge in [-0.2, -0.15) is 0 Å². The van der Waals surface area contributed by atoms with E-state index in [0.29, 0.717) is 5.56 Å². The minimum Gasteiger partial charge on any atom is -0.384 e. The smallest absolute Gasteiger partial charge is 0.253 e. The van der Waals surface area contributed by atoms with Crippen LogP contribution in [0.25, 0.3) is 0 Å². The van der Waals surface area contributed by atoms with Crippen molar-refractivity contribution in [3.05, 3.63) is 35.4 Å². The van der Waals surface area contributed by atoms with Crippen LogP contribution < -0.4 is 0 Å². The van der Waals surface area contributed by atoms with Crippen molar-refractivity contribution < 1.29 is 9.90 Å². The normalized spacial score (nSPS) is 9.63. The molecule has 1 aromatic rings. The lowest BCUT2D eigenvalue weighted by Crippen LogP contribution is -2.31. The average Bonchev–Trinajstić information content (AvgIpc) is 2.46. The minimum absolute atomic E-state index is 0.0672. The van der Waals surface area contributed by atoms with E-state index in [4.69, 9.17) is 5.11 Å². The first-order chi connectivity index (χ1) is 9.22. The van der Waals surface area contributed by atoms with E-state index < -0.39 is 0 Å². The number of benzene rings is 1. The summed E-state index contributed by atoms with van der Waals surface area (Å²) in [6, 6.07) is 7.20. The quantitative estimate of drug-likeness (QED) is 0.824. The summed E-state index contributed by atoms with van der Waals surface area (Å²) in [4.78, 5) is 14.1. The van der Waals surface area contributed by atoms with E-state index in [9.17, 15) is 4.79 Å². The van der Waals surface area contributed by atoms with Gasteiger partial charge in [-0.05, 0) is 37.6 Å². The maximum Gasteiger partial charge on any atom is 0.253 e. The Labute approximate surface area is 115 Å². The molecule has 0 atom stereocenters. The largest absolute Gasteiger partial charge is 0.384 e. The molecule has 19 heavy (non-hydrogen) atoms. The molecule has 1 aromatic carbocycles. The molecule has 0 aliphatic carbocycles. The number of unbranched alkanes of at least 4 members (excludes halogenated alkanes) is 1. The SMILES string of the molecule is CCCCN(CC)C(=O)c1ccc(C#CCO)cc1. The summed E-state index contributed by atoms with van der Waals surface area (Å²) in [5, 5.41) is 8.62. The summed E-state index contributed by atoms with van der Waals surface area (Å²) in [6.07, 6.45) is 2.11. The second-order valence-corrected chi connectivity index (χ2v) is 4.28. The Hall–Kier alpha value is -1.79. The fraction of sp³-hybridized carbons (Fsp3) is 0.438. The van der Waals surface area contributed by atoms with E-state index in [1.54, 1.807) is 12.1 Å². The summed E-state index contributed by atoms with van der Waals surface area (Å²) in [5.41, 5.74) is 1.50. The number of aliphatic hydroxyl groups is 1. The van der Waals surface area contributed by atoms with Crippen molar-refractivity contribution in [2.45, 2.75) is 26.7 Å². The third-order valence-corrected chi connectivity index (χ3v) is 2.89. The Kier molecular flexibility index (Phi) is 6.70. The maximum absolute atomic E-state index is 12.3. The van der Waals surface area contributed by atoms with Gasteiger partial charge >= 0.3 is 0 Å². The van der Waals surface area contributed by atoms with Crippen molar-refractivity contribution in [3.8, 4) is 11.8 Å². The van der Waals surface area contributed by atoms with Gasteiger partial charge < -0.3 is 10.0 Å². The molecule has 102 valence electrons. The topological polar surface area (TPSA) is 40.5 Å². The standard InChI is InChI=1S/C16H21NO2/c1-3-5-12-17(4-2)16(19)15-10-8-14(9-11-15)7-6-13-18/h8-11,18H,3-5,12-13H2,1-2H3. The van der Waals surface area contributed by atoms with Gasteiger partial charge in [0.1, 0.15) is 6.61 Å². The number of aliphatic hydroxyl groups excluding tert-OH is 1. The van der Waals surface area contributed by atoms with Gasteiger partial charge in [0.05, 0.1) is 0 Å². The molecule has 0 saturated carbocycles. The van der Waals surface area contributed by atoms with E-state index in [0.717, 1.165) is 31.5 Å². The first kappa shape index (κ1) is 15.3. The molecule has 0 saturated heterocycles. The lowest BCUT2D eigenvalue weighted by molar-refractivity contribution is 0.0762. The van der Waals surface area contributed by atoms with E-state index in [1.807, 2.05) is 24.0 Å². The van der Waals surface area contributed by atoms with Crippen LogP contribution in [-0.2, 0) is 0 Å². The number of carbonyl (C=O) groups is 1. The van der Waals surface area contributed by atoms with Crippen LogP contribution in [0.15, 0.2) is 24.3 Å². The molecular formula is C16H21NO2. The molecule has 0 spiro atoms. The molecule has 1 amide bonds. The van der Waals surface area contributed by atoms with Gasteiger partial charge in [-0.3, -0.25) is 4.79 Å². The zero-order valence-corrected chi connectivity index (χ0v) is 11.6. The highest BCUT2D eigenvalue weighted by Gasteiger charge is 2.12. The monoisotopic (exact) mass is 259 g/mol. The van der Waals surface area contributed by atoms with E-state index >= 15 is 0 Å². The van der Waals surface area contributed by atoms with Gasteiger partial charge in [0.15, 0.2) is 0 Å². The van der Waals surface area contributed by atoms with Crippen LogP contribution in [0.3, 0.4) is 0 Å². The summed E-state index contributed by atoms with van der Waals surface area (Å²) in [6.45, 7) is 5.49. The van der Waals surface area contributed by atoms with Gasteiger partial charge in [0.25, 0.3) is 5.91 Å². The maximum atomic E-state index is 12.3. The molecule has 0 unspecified atom stereocenters. The zero-order chi connectivity index (χ0) is 14.1. The molecular weight excluding hydrogens is 238 g/mol. The molecule has 3 nitrogen and oxygen atoms in total. The lowest BCUT2D eigenvalue weighted by atomic mass is 10.1. The molecule has 0 radical (unpaired) electrons. The van der Waals surface area contributed by atoms with E-state index in [-0.39, 0.29) is 12.5 Å². The Morgan fingerprint density at radius 1 is 1.26 bits per heavy atom. The molecule has 1 N–H and O–H groups in total. The van der Waals surface area contributed by atoms with Gasteiger partial charge in [-0.15, -0.1) is 0 Å².